The number of hydrogen-bond acceptors (Lipinski definition) is 5. The number of para-hydroxylation sites is 1. The van der Waals surface area contributed by atoms with Gasteiger partial charge in [-0.15, -0.1) is 0 Å². The SMILES string of the molecule is O=[N+]([O-])c1ccccc1-c1cccc(C2=C3N=c4cc5nc(-c6ccccc6)oc5cc4=C3C(c3ccccc3)C=C2)c1. The van der Waals surface area contributed by atoms with Gasteiger partial charge in [0.05, 0.1) is 21.5 Å². The van der Waals surface area contributed by atoms with Crippen LogP contribution in [0.2, 0.25) is 0 Å². The van der Waals surface area contributed by atoms with Crippen LogP contribution in [0.3, 0.4) is 0 Å². The van der Waals surface area contributed by atoms with E-state index >= 15 is 0 Å². The third-order valence-electron chi connectivity index (χ3n) is 8.07. The van der Waals surface area contributed by atoms with E-state index in [1.807, 2.05) is 72.8 Å². The van der Waals surface area contributed by atoms with Crippen LogP contribution >= 0.6 is 0 Å². The first-order valence-electron chi connectivity index (χ1n) is 14.0. The molecular formula is C37H23N3O3. The number of nitro benzene ring substituents is 1. The average molecular weight is 558 g/mol. The largest absolute Gasteiger partial charge is 0.436 e. The second-order valence-corrected chi connectivity index (χ2v) is 10.6. The van der Waals surface area contributed by atoms with E-state index in [1.54, 1.807) is 12.1 Å². The van der Waals surface area contributed by atoms with Gasteiger partial charge in [-0.25, -0.2) is 9.98 Å². The average Bonchev–Trinajstić information content (AvgIpc) is 3.65. The summed E-state index contributed by atoms with van der Waals surface area (Å²) in [5.74, 6) is 0.577. The van der Waals surface area contributed by atoms with E-state index in [0.717, 1.165) is 49.6 Å². The van der Waals surface area contributed by atoms with Gasteiger partial charge in [-0.3, -0.25) is 10.1 Å². The maximum absolute atomic E-state index is 11.8. The number of benzene rings is 5. The number of rotatable bonds is 5. The topological polar surface area (TPSA) is 81.5 Å². The molecule has 0 spiro atoms. The van der Waals surface area contributed by atoms with Gasteiger partial charge in [0.2, 0.25) is 5.89 Å². The maximum atomic E-state index is 11.8. The highest BCUT2D eigenvalue weighted by Crippen LogP contribution is 2.43. The summed E-state index contributed by atoms with van der Waals surface area (Å²) in [7, 11) is 0. The first kappa shape index (κ1) is 24.9. The highest BCUT2D eigenvalue weighted by atomic mass is 16.6. The van der Waals surface area contributed by atoms with Crippen LogP contribution in [0.5, 0.6) is 0 Å². The van der Waals surface area contributed by atoms with Crippen molar-refractivity contribution in [2.75, 3.05) is 0 Å². The Hall–Kier alpha value is -5.88. The summed E-state index contributed by atoms with van der Waals surface area (Å²) in [5.41, 5.74) is 8.91. The van der Waals surface area contributed by atoms with Gasteiger partial charge in [-0.05, 0) is 58.7 Å². The van der Waals surface area contributed by atoms with Crippen molar-refractivity contribution in [1.29, 1.82) is 0 Å². The first-order valence-corrected chi connectivity index (χ1v) is 14.0. The highest BCUT2D eigenvalue weighted by Gasteiger charge is 2.29. The van der Waals surface area contributed by atoms with Crippen molar-refractivity contribution >= 4 is 27.9 Å². The van der Waals surface area contributed by atoms with E-state index in [0.29, 0.717) is 17.0 Å². The van der Waals surface area contributed by atoms with E-state index in [9.17, 15) is 10.1 Å². The van der Waals surface area contributed by atoms with Crippen LogP contribution in [-0.4, -0.2) is 9.91 Å². The minimum atomic E-state index is -0.337. The molecule has 2 heterocycles. The first-order chi connectivity index (χ1) is 21.1. The van der Waals surface area contributed by atoms with Gasteiger partial charge in [-0.2, -0.15) is 0 Å². The Morgan fingerprint density at radius 3 is 2.28 bits per heavy atom. The van der Waals surface area contributed by atoms with Gasteiger partial charge >= 0.3 is 0 Å². The molecule has 8 rings (SSSR count). The molecule has 0 radical (unpaired) electrons. The van der Waals surface area contributed by atoms with Crippen LogP contribution in [-0.2, 0) is 0 Å². The molecule has 6 aromatic rings. The molecule has 204 valence electrons. The second kappa shape index (κ2) is 9.89. The fourth-order valence-corrected chi connectivity index (χ4v) is 6.07. The van der Waals surface area contributed by atoms with Crippen molar-refractivity contribution < 1.29 is 9.34 Å². The van der Waals surface area contributed by atoms with Crippen molar-refractivity contribution in [2.24, 2.45) is 4.99 Å². The molecule has 6 nitrogen and oxygen atoms in total. The van der Waals surface area contributed by atoms with Gasteiger partial charge in [-0.1, -0.05) is 91.0 Å². The van der Waals surface area contributed by atoms with Gasteiger partial charge in [0, 0.05) is 28.3 Å². The van der Waals surface area contributed by atoms with Crippen LogP contribution in [0.1, 0.15) is 17.0 Å². The number of nitrogens with zero attached hydrogens (tertiary/aromatic N) is 3. The number of aromatic nitrogens is 1. The summed E-state index contributed by atoms with van der Waals surface area (Å²) in [6, 6.07) is 39.1. The Balaban J connectivity index is 1.33. The molecule has 0 fully saturated rings. The van der Waals surface area contributed by atoms with E-state index < -0.39 is 0 Å². The molecule has 1 unspecified atom stereocenters. The molecule has 0 saturated heterocycles. The quantitative estimate of drug-likeness (QED) is 0.161. The molecule has 43 heavy (non-hydrogen) atoms. The minimum Gasteiger partial charge on any atom is -0.436 e. The third-order valence-corrected chi connectivity index (χ3v) is 8.07. The Bertz CT molecular complexity index is 2270. The predicted octanol–water partition coefficient (Wildman–Crippen LogP) is 7.62. The van der Waals surface area contributed by atoms with E-state index in [-0.39, 0.29) is 16.5 Å². The number of fused-ring (bicyclic) bond motifs is 3. The molecule has 6 heteroatoms. The summed E-state index contributed by atoms with van der Waals surface area (Å²) in [6.07, 6.45) is 4.34. The van der Waals surface area contributed by atoms with Crippen LogP contribution in [0, 0.1) is 10.1 Å². The fourth-order valence-electron chi connectivity index (χ4n) is 6.07. The lowest BCUT2D eigenvalue weighted by Gasteiger charge is -2.23. The Morgan fingerprint density at radius 1 is 0.744 bits per heavy atom. The smallest absolute Gasteiger partial charge is 0.277 e. The van der Waals surface area contributed by atoms with E-state index in [2.05, 4.69) is 42.5 Å². The van der Waals surface area contributed by atoms with Crippen LogP contribution in [0.25, 0.3) is 44.8 Å². The van der Waals surface area contributed by atoms with Gasteiger partial charge in [0.25, 0.3) is 5.69 Å². The van der Waals surface area contributed by atoms with Crippen molar-refractivity contribution in [3.05, 3.63) is 171 Å². The van der Waals surface area contributed by atoms with Gasteiger partial charge in [0.15, 0.2) is 5.58 Å². The van der Waals surface area contributed by atoms with Crippen LogP contribution in [0.4, 0.5) is 5.69 Å². The summed E-state index contributed by atoms with van der Waals surface area (Å²) in [6.45, 7) is 0. The summed E-state index contributed by atoms with van der Waals surface area (Å²) in [5, 5.41) is 13.6. The normalized spacial score (nSPS) is 15.3. The van der Waals surface area contributed by atoms with Gasteiger partial charge in [0.1, 0.15) is 5.52 Å². The minimum absolute atomic E-state index is 0.00249. The molecule has 1 atom stereocenters. The number of hydrogen-bond donors (Lipinski definition) is 0. The molecular weight excluding hydrogens is 534 g/mol. The Labute approximate surface area is 246 Å². The van der Waals surface area contributed by atoms with Crippen molar-refractivity contribution in [2.45, 2.75) is 5.92 Å². The summed E-state index contributed by atoms with van der Waals surface area (Å²) < 4.78 is 6.25. The monoisotopic (exact) mass is 557 g/mol. The number of nitro groups is 1. The number of allylic oxidation sites excluding steroid dienone is 4. The summed E-state index contributed by atoms with van der Waals surface area (Å²) in [4.78, 5) is 21.4. The summed E-state index contributed by atoms with van der Waals surface area (Å²) >= 11 is 0. The zero-order valence-corrected chi connectivity index (χ0v) is 22.8. The predicted molar refractivity (Wildman–Crippen MR) is 167 cm³/mol. The number of oxazole rings is 1. The molecule has 0 saturated carbocycles. The van der Waals surface area contributed by atoms with Crippen LogP contribution in [0.15, 0.2) is 149 Å². The van der Waals surface area contributed by atoms with Crippen molar-refractivity contribution in [1.82, 2.24) is 4.98 Å². The molecule has 0 amide bonds. The standard InChI is InChI=1S/C37H23N3O3/c41-40(42)33-17-8-7-16-27(33)25-14-9-15-26(20-25)29-19-18-28(23-10-3-1-4-11-23)35-30-21-34-32(22-31(30)38-36(29)35)39-37(43-34)24-12-5-2-6-13-24/h1-22,28H. The maximum Gasteiger partial charge on any atom is 0.277 e. The van der Waals surface area contributed by atoms with Gasteiger partial charge < -0.3 is 4.42 Å². The molecule has 1 aliphatic carbocycles. The second-order valence-electron chi connectivity index (χ2n) is 10.6. The third kappa shape index (κ3) is 4.19. The van der Waals surface area contributed by atoms with Crippen LogP contribution < -0.4 is 10.6 Å². The molecule has 0 N–H and O–H groups in total. The molecule has 2 aliphatic rings. The van der Waals surface area contributed by atoms with E-state index in [4.69, 9.17) is 14.4 Å². The Morgan fingerprint density at radius 2 is 1.47 bits per heavy atom. The van der Waals surface area contributed by atoms with Crippen molar-refractivity contribution in [3.8, 4) is 22.6 Å². The zero-order chi connectivity index (χ0) is 28.9. The Kier molecular flexibility index (Phi) is 5.72. The fraction of sp³-hybridized carbons (Fsp3) is 0.0270. The lowest BCUT2D eigenvalue weighted by atomic mass is 9.81. The van der Waals surface area contributed by atoms with Crippen molar-refractivity contribution in [3.63, 3.8) is 0 Å². The lowest BCUT2D eigenvalue weighted by molar-refractivity contribution is -0.384. The molecule has 1 aliphatic heterocycles. The molecule has 1 aromatic heterocycles. The highest BCUT2D eigenvalue weighted by molar-refractivity contribution is 5.94. The molecule has 0 bridgehead atoms. The van der Waals surface area contributed by atoms with E-state index in [1.165, 1.54) is 11.6 Å². The molecule has 5 aromatic carbocycles. The zero-order valence-electron chi connectivity index (χ0n) is 22.8. The lowest BCUT2D eigenvalue weighted by Crippen LogP contribution is -2.24.